The summed E-state index contributed by atoms with van der Waals surface area (Å²) < 4.78 is 0. The van der Waals surface area contributed by atoms with Crippen LogP contribution in [0.4, 0.5) is 0 Å². The van der Waals surface area contributed by atoms with Crippen LogP contribution in [0.1, 0.15) is 16.7 Å². The molecule has 1 heterocycles. The Labute approximate surface area is 160 Å². The van der Waals surface area contributed by atoms with Gasteiger partial charge in [-0.3, -0.25) is 9.91 Å². The highest BCUT2D eigenvalue weighted by Crippen LogP contribution is 2.25. The second kappa shape index (κ2) is 7.80. The molecule has 0 unspecified atom stereocenters. The number of piperazine rings is 1. The standard InChI is InChI=1S/C23H25N3O/c1-18-6-8-19(9-7-18)17-25-12-14-26(15-13-25)24-16-22-21-5-3-2-4-20(21)10-11-23(22)27/h2-11,16,27H,12-15,17H2,1H3/b24-16+. The molecular formula is C23H25N3O. The average Bonchev–Trinajstić information content (AvgIpc) is 2.70. The highest BCUT2D eigenvalue weighted by Gasteiger charge is 2.15. The zero-order valence-electron chi connectivity index (χ0n) is 15.7. The van der Waals surface area contributed by atoms with Crippen molar-refractivity contribution in [1.29, 1.82) is 0 Å². The van der Waals surface area contributed by atoms with E-state index in [4.69, 9.17) is 0 Å². The van der Waals surface area contributed by atoms with E-state index in [0.717, 1.165) is 49.1 Å². The number of hydrogen-bond donors (Lipinski definition) is 1. The maximum atomic E-state index is 10.2. The normalized spacial score (nSPS) is 15.7. The van der Waals surface area contributed by atoms with Crippen LogP contribution >= 0.6 is 0 Å². The van der Waals surface area contributed by atoms with Crippen LogP contribution in [0.3, 0.4) is 0 Å². The molecule has 4 rings (SSSR count). The van der Waals surface area contributed by atoms with Gasteiger partial charge in [0.15, 0.2) is 0 Å². The number of phenols is 1. The van der Waals surface area contributed by atoms with Crippen molar-refractivity contribution in [2.75, 3.05) is 26.2 Å². The Morgan fingerprint density at radius 2 is 1.67 bits per heavy atom. The molecule has 1 N–H and O–H groups in total. The lowest BCUT2D eigenvalue weighted by molar-refractivity contribution is 0.131. The molecule has 0 spiro atoms. The molecule has 1 aliphatic rings. The van der Waals surface area contributed by atoms with Gasteiger partial charge < -0.3 is 5.11 Å². The van der Waals surface area contributed by atoms with Gasteiger partial charge in [-0.2, -0.15) is 5.10 Å². The van der Waals surface area contributed by atoms with Crippen LogP contribution in [0.25, 0.3) is 10.8 Å². The first kappa shape index (κ1) is 17.6. The van der Waals surface area contributed by atoms with Crippen molar-refractivity contribution in [3.05, 3.63) is 77.4 Å². The van der Waals surface area contributed by atoms with Gasteiger partial charge in [-0.25, -0.2) is 0 Å². The summed E-state index contributed by atoms with van der Waals surface area (Å²) in [4.78, 5) is 2.46. The SMILES string of the molecule is Cc1ccc(CN2CCN(/N=C/c3c(O)ccc4ccccc34)CC2)cc1. The lowest BCUT2D eigenvalue weighted by Gasteiger charge is -2.33. The molecule has 0 aliphatic carbocycles. The van der Waals surface area contributed by atoms with Crippen LogP contribution in [0.5, 0.6) is 5.75 Å². The minimum absolute atomic E-state index is 0.274. The summed E-state index contributed by atoms with van der Waals surface area (Å²) in [7, 11) is 0. The Morgan fingerprint density at radius 1 is 0.926 bits per heavy atom. The minimum Gasteiger partial charge on any atom is -0.507 e. The Kier molecular flexibility index (Phi) is 5.07. The Hall–Kier alpha value is -2.85. The largest absolute Gasteiger partial charge is 0.507 e. The number of hydrazone groups is 1. The molecule has 0 atom stereocenters. The van der Waals surface area contributed by atoms with Gasteiger partial charge in [0.1, 0.15) is 5.75 Å². The van der Waals surface area contributed by atoms with Gasteiger partial charge in [-0.05, 0) is 29.3 Å². The molecule has 1 aliphatic heterocycles. The summed E-state index contributed by atoms with van der Waals surface area (Å²) in [5.74, 6) is 0.274. The molecule has 1 saturated heterocycles. The van der Waals surface area contributed by atoms with E-state index in [-0.39, 0.29) is 5.75 Å². The summed E-state index contributed by atoms with van der Waals surface area (Å²) in [6.45, 7) is 6.89. The number of phenolic OH excluding ortho intramolecular Hbond substituents is 1. The first-order valence-electron chi connectivity index (χ1n) is 9.46. The molecular weight excluding hydrogens is 334 g/mol. The highest BCUT2D eigenvalue weighted by molar-refractivity contribution is 6.02. The van der Waals surface area contributed by atoms with Crippen molar-refractivity contribution in [3.8, 4) is 5.75 Å². The predicted octanol–water partition coefficient (Wildman–Crippen LogP) is 4.01. The van der Waals surface area contributed by atoms with Crippen molar-refractivity contribution in [2.45, 2.75) is 13.5 Å². The fourth-order valence-corrected chi connectivity index (χ4v) is 3.52. The van der Waals surface area contributed by atoms with E-state index in [9.17, 15) is 5.11 Å². The third-order valence-electron chi connectivity index (χ3n) is 5.17. The summed E-state index contributed by atoms with van der Waals surface area (Å²) in [5, 5.41) is 19.1. The first-order valence-corrected chi connectivity index (χ1v) is 9.46. The summed E-state index contributed by atoms with van der Waals surface area (Å²) in [6.07, 6.45) is 1.80. The van der Waals surface area contributed by atoms with Crippen LogP contribution in [0.15, 0.2) is 65.8 Å². The first-order chi connectivity index (χ1) is 13.2. The maximum Gasteiger partial charge on any atom is 0.125 e. The molecule has 138 valence electrons. The minimum atomic E-state index is 0.274. The summed E-state index contributed by atoms with van der Waals surface area (Å²) in [6, 6.07) is 20.5. The van der Waals surface area contributed by atoms with Crippen LogP contribution in [-0.2, 0) is 6.54 Å². The van der Waals surface area contributed by atoms with Crippen molar-refractivity contribution in [1.82, 2.24) is 9.91 Å². The average molecular weight is 359 g/mol. The number of rotatable bonds is 4. The molecule has 4 heteroatoms. The van der Waals surface area contributed by atoms with E-state index in [0.29, 0.717) is 0 Å². The molecule has 0 aromatic heterocycles. The second-order valence-electron chi connectivity index (χ2n) is 7.18. The quantitative estimate of drug-likeness (QED) is 0.716. The van der Waals surface area contributed by atoms with Gasteiger partial charge in [0.05, 0.1) is 6.21 Å². The summed E-state index contributed by atoms with van der Waals surface area (Å²) in [5.41, 5.74) is 3.45. The van der Waals surface area contributed by atoms with E-state index in [2.05, 4.69) is 52.3 Å². The Bertz CT molecular complexity index is 941. The fraction of sp³-hybridized carbons (Fsp3) is 0.261. The van der Waals surface area contributed by atoms with E-state index in [1.165, 1.54) is 11.1 Å². The van der Waals surface area contributed by atoms with E-state index >= 15 is 0 Å². The van der Waals surface area contributed by atoms with Gasteiger partial charge >= 0.3 is 0 Å². The number of benzene rings is 3. The lowest BCUT2D eigenvalue weighted by Crippen LogP contribution is -2.43. The highest BCUT2D eigenvalue weighted by atomic mass is 16.3. The van der Waals surface area contributed by atoms with Gasteiger partial charge in [0, 0.05) is 38.3 Å². The van der Waals surface area contributed by atoms with Crippen LogP contribution in [0.2, 0.25) is 0 Å². The van der Waals surface area contributed by atoms with Gasteiger partial charge in [0.25, 0.3) is 0 Å². The lowest BCUT2D eigenvalue weighted by atomic mass is 10.0. The molecule has 1 fully saturated rings. The van der Waals surface area contributed by atoms with Gasteiger partial charge in [0.2, 0.25) is 0 Å². The number of nitrogens with zero attached hydrogens (tertiary/aromatic N) is 3. The topological polar surface area (TPSA) is 39.1 Å². The zero-order chi connectivity index (χ0) is 18.6. The van der Waals surface area contributed by atoms with Crippen molar-refractivity contribution >= 4 is 17.0 Å². The van der Waals surface area contributed by atoms with Crippen LogP contribution in [0, 0.1) is 6.92 Å². The van der Waals surface area contributed by atoms with Crippen LogP contribution < -0.4 is 0 Å². The smallest absolute Gasteiger partial charge is 0.125 e. The van der Waals surface area contributed by atoms with Crippen molar-refractivity contribution < 1.29 is 5.11 Å². The van der Waals surface area contributed by atoms with Crippen LogP contribution in [-0.4, -0.2) is 47.4 Å². The monoisotopic (exact) mass is 359 g/mol. The molecule has 27 heavy (non-hydrogen) atoms. The Morgan fingerprint density at radius 3 is 2.44 bits per heavy atom. The number of hydrogen-bond acceptors (Lipinski definition) is 4. The van der Waals surface area contributed by atoms with E-state index in [1.54, 1.807) is 12.3 Å². The van der Waals surface area contributed by atoms with E-state index in [1.807, 2.05) is 24.3 Å². The third-order valence-corrected chi connectivity index (χ3v) is 5.17. The van der Waals surface area contributed by atoms with Crippen molar-refractivity contribution in [3.63, 3.8) is 0 Å². The molecule has 0 bridgehead atoms. The molecule has 0 amide bonds. The maximum absolute atomic E-state index is 10.2. The molecule has 3 aromatic rings. The van der Waals surface area contributed by atoms with Crippen molar-refractivity contribution in [2.24, 2.45) is 5.10 Å². The van der Waals surface area contributed by atoms with E-state index < -0.39 is 0 Å². The molecule has 0 radical (unpaired) electrons. The molecule has 4 nitrogen and oxygen atoms in total. The number of fused-ring (bicyclic) bond motifs is 1. The zero-order valence-corrected chi connectivity index (χ0v) is 15.7. The fourth-order valence-electron chi connectivity index (χ4n) is 3.52. The predicted molar refractivity (Wildman–Crippen MR) is 111 cm³/mol. The number of aromatic hydroxyl groups is 1. The summed E-state index contributed by atoms with van der Waals surface area (Å²) >= 11 is 0. The van der Waals surface area contributed by atoms with Gasteiger partial charge in [-0.1, -0.05) is 60.2 Å². The molecule has 3 aromatic carbocycles. The molecule has 0 saturated carbocycles. The second-order valence-corrected chi connectivity index (χ2v) is 7.18. The third kappa shape index (κ3) is 4.12. The number of aryl methyl sites for hydroxylation is 1. The Balaban J connectivity index is 1.39. The van der Waals surface area contributed by atoms with Gasteiger partial charge in [-0.15, -0.1) is 0 Å².